The zero-order valence-corrected chi connectivity index (χ0v) is 18.7. The molecular formula is C21H31N5O3S. The SMILES string of the molecule is CCN(CC)S(=O)(=O)c1ccc(N2CCCCC2)c(NC(=O)C(C)n2cccn2)c1. The smallest absolute Gasteiger partial charge is 0.249 e. The van der Waals surface area contributed by atoms with Crippen LogP contribution in [0.15, 0.2) is 41.6 Å². The number of aromatic nitrogens is 2. The average molecular weight is 434 g/mol. The van der Waals surface area contributed by atoms with Gasteiger partial charge in [0.15, 0.2) is 0 Å². The number of benzene rings is 1. The first-order chi connectivity index (χ1) is 14.4. The molecule has 0 aliphatic carbocycles. The number of nitrogens with zero attached hydrogens (tertiary/aromatic N) is 4. The van der Waals surface area contributed by atoms with Crippen LogP contribution >= 0.6 is 0 Å². The summed E-state index contributed by atoms with van der Waals surface area (Å²) in [7, 11) is -3.62. The van der Waals surface area contributed by atoms with Crippen LogP contribution in [0.5, 0.6) is 0 Å². The number of rotatable bonds is 8. The van der Waals surface area contributed by atoms with E-state index in [1.165, 1.54) is 10.7 Å². The molecule has 1 aromatic heterocycles. The Labute approximate surface area is 178 Å². The summed E-state index contributed by atoms with van der Waals surface area (Å²) in [4.78, 5) is 15.3. The van der Waals surface area contributed by atoms with E-state index < -0.39 is 16.1 Å². The topological polar surface area (TPSA) is 87.5 Å². The van der Waals surface area contributed by atoms with E-state index in [4.69, 9.17) is 0 Å². The lowest BCUT2D eigenvalue weighted by atomic mass is 10.1. The van der Waals surface area contributed by atoms with Gasteiger partial charge >= 0.3 is 0 Å². The Bertz CT molecular complexity index is 949. The number of anilines is 2. The van der Waals surface area contributed by atoms with Gasteiger partial charge in [-0.1, -0.05) is 13.8 Å². The van der Waals surface area contributed by atoms with E-state index in [0.29, 0.717) is 18.8 Å². The largest absolute Gasteiger partial charge is 0.370 e. The highest BCUT2D eigenvalue weighted by Gasteiger charge is 2.25. The fourth-order valence-electron chi connectivity index (χ4n) is 3.77. The third kappa shape index (κ3) is 4.67. The summed E-state index contributed by atoms with van der Waals surface area (Å²) in [5.74, 6) is -0.241. The van der Waals surface area contributed by atoms with Crippen LogP contribution in [0, 0.1) is 0 Å². The molecular weight excluding hydrogens is 402 g/mol. The minimum Gasteiger partial charge on any atom is -0.370 e. The summed E-state index contributed by atoms with van der Waals surface area (Å²) in [6.07, 6.45) is 6.70. The number of sulfonamides is 1. The first-order valence-corrected chi connectivity index (χ1v) is 12.0. The standard InChI is InChI=1S/C21H31N5O3S/c1-4-25(5-2)30(28,29)18-10-11-20(24-13-7-6-8-14-24)19(16-18)23-21(27)17(3)26-15-9-12-22-26/h9-12,15-17H,4-8,13-14H2,1-3H3,(H,23,27). The van der Waals surface area contributed by atoms with Crippen molar-refractivity contribution in [1.29, 1.82) is 0 Å². The van der Waals surface area contributed by atoms with E-state index in [9.17, 15) is 13.2 Å². The molecule has 1 unspecified atom stereocenters. The number of amides is 1. The Balaban J connectivity index is 1.97. The summed E-state index contributed by atoms with van der Waals surface area (Å²) < 4.78 is 29.0. The van der Waals surface area contributed by atoms with Gasteiger partial charge in [0.05, 0.1) is 16.3 Å². The number of hydrogen-bond acceptors (Lipinski definition) is 5. The zero-order chi connectivity index (χ0) is 21.7. The minimum atomic E-state index is -3.62. The minimum absolute atomic E-state index is 0.189. The molecule has 1 aliphatic heterocycles. The molecule has 9 heteroatoms. The number of nitrogens with one attached hydrogen (secondary N) is 1. The third-order valence-corrected chi connectivity index (χ3v) is 7.61. The highest BCUT2D eigenvalue weighted by Crippen LogP contribution is 2.32. The first kappa shape index (κ1) is 22.3. The fourth-order valence-corrected chi connectivity index (χ4v) is 5.25. The third-order valence-electron chi connectivity index (χ3n) is 5.57. The number of carbonyl (C=O) groups is 1. The van der Waals surface area contributed by atoms with E-state index in [2.05, 4.69) is 15.3 Å². The lowest BCUT2D eigenvalue weighted by Crippen LogP contribution is -2.32. The zero-order valence-electron chi connectivity index (χ0n) is 17.9. The van der Waals surface area contributed by atoms with Gasteiger partial charge in [-0.25, -0.2) is 8.42 Å². The molecule has 1 saturated heterocycles. The van der Waals surface area contributed by atoms with Crippen molar-refractivity contribution in [2.75, 3.05) is 36.4 Å². The van der Waals surface area contributed by atoms with Crippen LogP contribution in [0.25, 0.3) is 0 Å². The van der Waals surface area contributed by atoms with Gasteiger partial charge < -0.3 is 10.2 Å². The maximum atomic E-state index is 13.0. The predicted molar refractivity (Wildman–Crippen MR) is 118 cm³/mol. The second-order valence-electron chi connectivity index (χ2n) is 7.47. The van der Waals surface area contributed by atoms with Gasteiger partial charge in [0, 0.05) is 38.6 Å². The van der Waals surface area contributed by atoms with Crippen LogP contribution in [0.2, 0.25) is 0 Å². The van der Waals surface area contributed by atoms with Crippen LogP contribution in [0.4, 0.5) is 11.4 Å². The maximum Gasteiger partial charge on any atom is 0.249 e. The van der Waals surface area contributed by atoms with E-state index in [0.717, 1.165) is 31.6 Å². The summed E-state index contributed by atoms with van der Waals surface area (Å²) in [5, 5.41) is 7.10. The number of carbonyl (C=O) groups excluding carboxylic acids is 1. The monoisotopic (exact) mass is 433 g/mol. The highest BCUT2D eigenvalue weighted by molar-refractivity contribution is 7.89. The molecule has 1 aliphatic rings. The molecule has 0 bridgehead atoms. The molecule has 0 radical (unpaired) electrons. The van der Waals surface area contributed by atoms with Crippen LogP contribution in [-0.2, 0) is 14.8 Å². The Kier molecular flexibility index (Phi) is 7.14. The quantitative estimate of drug-likeness (QED) is 0.691. The maximum absolute atomic E-state index is 13.0. The second-order valence-corrected chi connectivity index (χ2v) is 9.41. The normalized spacial score (nSPS) is 15.9. The molecule has 164 valence electrons. The van der Waals surface area contributed by atoms with Gasteiger partial charge in [-0.15, -0.1) is 0 Å². The number of hydrogen-bond donors (Lipinski definition) is 1. The second kappa shape index (κ2) is 9.61. The molecule has 3 rings (SSSR count). The Hall–Kier alpha value is -2.39. The van der Waals surface area contributed by atoms with Crippen molar-refractivity contribution in [1.82, 2.24) is 14.1 Å². The molecule has 30 heavy (non-hydrogen) atoms. The molecule has 1 fully saturated rings. The summed E-state index contributed by atoms with van der Waals surface area (Å²) in [5.41, 5.74) is 1.38. The van der Waals surface area contributed by atoms with Crippen LogP contribution in [0.3, 0.4) is 0 Å². The molecule has 2 aromatic rings. The lowest BCUT2D eigenvalue weighted by Gasteiger charge is -2.31. The van der Waals surface area contributed by atoms with E-state index in [1.54, 1.807) is 42.2 Å². The van der Waals surface area contributed by atoms with Crippen molar-refractivity contribution in [3.63, 3.8) is 0 Å². The van der Waals surface area contributed by atoms with Gasteiger partial charge in [0.25, 0.3) is 0 Å². The molecule has 2 heterocycles. The van der Waals surface area contributed by atoms with Crippen molar-refractivity contribution in [2.45, 2.75) is 51.0 Å². The molecule has 1 N–H and O–H groups in total. The Morgan fingerprint density at radius 3 is 2.50 bits per heavy atom. The Morgan fingerprint density at radius 2 is 1.90 bits per heavy atom. The van der Waals surface area contributed by atoms with Gasteiger partial charge in [-0.2, -0.15) is 9.40 Å². The molecule has 1 amide bonds. The molecule has 8 nitrogen and oxygen atoms in total. The molecule has 1 atom stereocenters. The predicted octanol–water partition coefficient (Wildman–Crippen LogP) is 3.10. The summed E-state index contributed by atoms with van der Waals surface area (Å²) in [6, 6.07) is 6.29. The first-order valence-electron chi connectivity index (χ1n) is 10.6. The van der Waals surface area contributed by atoms with Gasteiger partial charge in [0.1, 0.15) is 6.04 Å². The lowest BCUT2D eigenvalue weighted by molar-refractivity contribution is -0.119. The molecule has 0 saturated carbocycles. The average Bonchev–Trinajstić information content (AvgIpc) is 3.29. The molecule has 0 spiro atoms. The summed E-state index contributed by atoms with van der Waals surface area (Å²) in [6.45, 7) is 7.96. The van der Waals surface area contributed by atoms with E-state index in [-0.39, 0.29) is 10.8 Å². The van der Waals surface area contributed by atoms with Crippen LogP contribution in [0.1, 0.15) is 46.1 Å². The highest BCUT2D eigenvalue weighted by atomic mass is 32.2. The van der Waals surface area contributed by atoms with Gasteiger partial charge in [0.2, 0.25) is 15.9 Å². The van der Waals surface area contributed by atoms with Crippen molar-refractivity contribution in [2.24, 2.45) is 0 Å². The van der Waals surface area contributed by atoms with E-state index in [1.807, 2.05) is 19.9 Å². The van der Waals surface area contributed by atoms with Crippen molar-refractivity contribution in [3.8, 4) is 0 Å². The van der Waals surface area contributed by atoms with Crippen molar-refractivity contribution in [3.05, 3.63) is 36.7 Å². The van der Waals surface area contributed by atoms with Gasteiger partial charge in [-0.3, -0.25) is 9.48 Å². The van der Waals surface area contributed by atoms with Crippen LogP contribution < -0.4 is 10.2 Å². The Morgan fingerprint density at radius 1 is 1.20 bits per heavy atom. The summed E-state index contributed by atoms with van der Waals surface area (Å²) >= 11 is 0. The van der Waals surface area contributed by atoms with Crippen molar-refractivity contribution < 1.29 is 13.2 Å². The van der Waals surface area contributed by atoms with Crippen molar-refractivity contribution >= 4 is 27.3 Å². The van der Waals surface area contributed by atoms with E-state index >= 15 is 0 Å². The fraction of sp³-hybridized carbons (Fsp3) is 0.524. The number of piperidine rings is 1. The van der Waals surface area contributed by atoms with Gasteiger partial charge in [-0.05, 0) is 50.5 Å². The molecule has 1 aromatic carbocycles. The van der Waals surface area contributed by atoms with Crippen LogP contribution in [-0.4, -0.2) is 54.6 Å².